The van der Waals surface area contributed by atoms with Crippen molar-refractivity contribution >= 4 is 11.6 Å². The molecule has 142 valence electrons. The number of rotatable bonds is 6. The highest BCUT2D eigenvalue weighted by Crippen LogP contribution is 2.34. The monoisotopic (exact) mass is 375 g/mol. The molecule has 1 aliphatic rings. The lowest BCUT2D eigenvalue weighted by atomic mass is 10.2. The number of nitrogens with zero attached hydrogens (tertiary/aromatic N) is 2. The number of pyridine rings is 1. The van der Waals surface area contributed by atoms with E-state index in [1.54, 1.807) is 31.4 Å². The molecule has 1 N–H and O–H groups in total. The molecule has 1 atom stereocenters. The van der Waals surface area contributed by atoms with Gasteiger partial charge in [0.2, 0.25) is 0 Å². The molecule has 4 rings (SSSR count). The fourth-order valence-electron chi connectivity index (χ4n) is 3.34. The summed E-state index contributed by atoms with van der Waals surface area (Å²) < 4.78 is 10.5. The summed E-state index contributed by atoms with van der Waals surface area (Å²) in [6.45, 7) is 0.459. The molecule has 0 aliphatic carbocycles. The van der Waals surface area contributed by atoms with Crippen LogP contribution in [-0.4, -0.2) is 30.0 Å². The third kappa shape index (κ3) is 3.36. The van der Waals surface area contributed by atoms with Gasteiger partial charge < -0.3 is 19.7 Å². The summed E-state index contributed by atoms with van der Waals surface area (Å²) >= 11 is 0. The van der Waals surface area contributed by atoms with Gasteiger partial charge in [0.1, 0.15) is 17.7 Å². The lowest BCUT2D eigenvalue weighted by Gasteiger charge is -2.26. The lowest BCUT2D eigenvalue weighted by Crippen LogP contribution is -2.32. The fourth-order valence-corrected chi connectivity index (χ4v) is 3.34. The fraction of sp³-hybridized carbons (Fsp3) is 0.182. The second-order valence-electron chi connectivity index (χ2n) is 6.50. The SMILES string of the molecule is COc1ccc(CN2C(=O)c3cccnc3[C@@H]2Nc2cccc(OC)c2)cc1. The molecule has 0 saturated heterocycles. The smallest absolute Gasteiger partial charge is 0.258 e. The van der Waals surface area contributed by atoms with Crippen LogP contribution in [-0.2, 0) is 6.54 Å². The van der Waals surface area contributed by atoms with Crippen molar-refractivity contribution in [3.63, 3.8) is 0 Å². The van der Waals surface area contributed by atoms with Crippen LogP contribution in [0, 0.1) is 0 Å². The van der Waals surface area contributed by atoms with Gasteiger partial charge in [-0.2, -0.15) is 0 Å². The largest absolute Gasteiger partial charge is 0.497 e. The van der Waals surface area contributed by atoms with E-state index in [1.165, 1.54) is 0 Å². The summed E-state index contributed by atoms with van der Waals surface area (Å²) in [6.07, 6.45) is 1.35. The number of ether oxygens (including phenoxy) is 2. The number of carbonyl (C=O) groups is 1. The highest BCUT2D eigenvalue weighted by atomic mass is 16.5. The summed E-state index contributed by atoms with van der Waals surface area (Å²) in [5.74, 6) is 1.49. The Morgan fingerprint density at radius 1 is 1.00 bits per heavy atom. The van der Waals surface area contributed by atoms with Crippen molar-refractivity contribution in [2.45, 2.75) is 12.7 Å². The number of amides is 1. The molecule has 6 heteroatoms. The van der Waals surface area contributed by atoms with Gasteiger partial charge >= 0.3 is 0 Å². The minimum atomic E-state index is -0.363. The normalized spacial score (nSPS) is 15.3. The minimum absolute atomic E-state index is 0.0423. The molecule has 0 spiro atoms. The van der Waals surface area contributed by atoms with Crippen molar-refractivity contribution < 1.29 is 14.3 Å². The van der Waals surface area contributed by atoms with Crippen LogP contribution in [0.25, 0.3) is 0 Å². The van der Waals surface area contributed by atoms with Crippen molar-refractivity contribution in [1.29, 1.82) is 0 Å². The number of fused-ring (bicyclic) bond motifs is 1. The lowest BCUT2D eigenvalue weighted by molar-refractivity contribution is 0.0728. The summed E-state index contributed by atoms with van der Waals surface area (Å²) in [7, 11) is 3.26. The highest BCUT2D eigenvalue weighted by Gasteiger charge is 2.37. The number of benzene rings is 2. The number of hydrogen-bond donors (Lipinski definition) is 1. The second-order valence-corrected chi connectivity index (χ2v) is 6.50. The van der Waals surface area contributed by atoms with Crippen LogP contribution in [0.3, 0.4) is 0 Å². The number of hydrogen-bond acceptors (Lipinski definition) is 5. The first kappa shape index (κ1) is 17.9. The first-order valence-corrected chi connectivity index (χ1v) is 8.99. The Morgan fingerprint density at radius 3 is 2.54 bits per heavy atom. The standard InChI is InChI=1S/C22H21N3O3/c1-27-17-10-8-15(9-11-17)14-25-21(20-19(22(25)26)7-4-12-23-20)24-16-5-3-6-18(13-16)28-2/h3-13,21,24H,14H2,1-2H3/t21-/m1/s1. The highest BCUT2D eigenvalue weighted by molar-refractivity contribution is 5.98. The summed E-state index contributed by atoms with van der Waals surface area (Å²) in [5, 5.41) is 3.43. The third-order valence-corrected chi connectivity index (χ3v) is 4.79. The number of nitrogens with one attached hydrogen (secondary N) is 1. The Balaban J connectivity index is 1.65. The van der Waals surface area contributed by atoms with Gasteiger partial charge in [-0.15, -0.1) is 0 Å². The van der Waals surface area contributed by atoms with Crippen LogP contribution < -0.4 is 14.8 Å². The van der Waals surface area contributed by atoms with E-state index in [0.29, 0.717) is 12.1 Å². The Bertz CT molecular complexity index is 988. The van der Waals surface area contributed by atoms with E-state index in [4.69, 9.17) is 9.47 Å². The summed E-state index contributed by atoms with van der Waals surface area (Å²) in [4.78, 5) is 19.3. The van der Waals surface area contributed by atoms with E-state index in [9.17, 15) is 4.79 Å². The topological polar surface area (TPSA) is 63.7 Å². The molecule has 1 amide bonds. The zero-order valence-corrected chi connectivity index (χ0v) is 15.8. The third-order valence-electron chi connectivity index (χ3n) is 4.79. The van der Waals surface area contributed by atoms with E-state index in [1.807, 2.05) is 54.6 Å². The molecule has 0 saturated carbocycles. The average molecular weight is 375 g/mol. The molecule has 0 radical (unpaired) electrons. The molecular formula is C22H21N3O3. The van der Waals surface area contributed by atoms with Crippen LogP contribution in [0.2, 0.25) is 0 Å². The molecule has 1 aliphatic heterocycles. The predicted octanol–water partition coefficient (Wildman–Crippen LogP) is 3.87. The first-order valence-electron chi connectivity index (χ1n) is 8.99. The van der Waals surface area contributed by atoms with Gasteiger partial charge in [0.15, 0.2) is 0 Å². The molecule has 3 aromatic rings. The van der Waals surface area contributed by atoms with Crippen molar-refractivity contribution in [2.24, 2.45) is 0 Å². The number of carbonyl (C=O) groups excluding carboxylic acids is 1. The minimum Gasteiger partial charge on any atom is -0.497 e. The first-order chi connectivity index (χ1) is 13.7. The van der Waals surface area contributed by atoms with Gasteiger partial charge in [-0.05, 0) is 42.0 Å². The Labute approximate surface area is 163 Å². The van der Waals surface area contributed by atoms with E-state index < -0.39 is 0 Å². The van der Waals surface area contributed by atoms with Crippen LogP contribution in [0.1, 0.15) is 27.8 Å². The van der Waals surface area contributed by atoms with Gasteiger partial charge in [0.25, 0.3) is 5.91 Å². The van der Waals surface area contributed by atoms with E-state index in [0.717, 1.165) is 28.4 Å². The summed E-state index contributed by atoms with van der Waals surface area (Å²) in [5.41, 5.74) is 3.22. The van der Waals surface area contributed by atoms with Crippen molar-refractivity contribution in [3.8, 4) is 11.5 Å². The number of anilines is 1. The van der Waals surface area contributed by atoms with Gasteiger partial charge in [0.05, 0.1) is 25.5 Å². The maximum absolute atomic E-state index is 13.0. The van der Waals surface area contributed by atoms with Crippen LogP contribution in [0.4, 0.5) is 5.69 Å². The molecule has 0 unspecified atom stereocenters. The Hall–Kier alpha value is -3.54. The van der Waals surface area contributed by atoms with Crippen molar-refractivity contribution in [3.05, 3.63) is 83.7 Å². The molecule has 1 aromatic heterocycles. The maximum Gasteiger partial charge on any atom is 0.258 e. The van der Waals surface area contributed by atoms with Crippen LogP contribution in [0.5, 0.6) is 11.5 Å². The quantitative estimate of drug-likeness (QED) is 0.709. The zero-order valence-electron chi connectivity index (χ0n) is 15.8. The molecule has 6 nitrogen and oxygen atoms in total. The Kier molecular flexibility index (Phi) is 4.85. The van der Waals surface area contributed by atoms with Gasteiger partial charge in [0, 0.05) is 24.5 Å². The van der Waals surface area contributed by atoms with E-state index >= 15 is 0 Å². The maximum atomic E-state index is 13.0. The molecule has 28 heavy (non-hydrogen) atoms. The molecule has 0 fully saturated rings. The number of methoxy groups -OCH3 is 2. The molecule has 0 bridgehead atoms. The van der Waals surface area contributed by atoms with Crippen LogP contribution in [0.15, 0.2) is 66.9 Å². The molecular weight excluding hydrogens is 354 g/mol. The van der Waals surface area contributed by atoms with Crippen molar-refractivity contribution in [2.75, 3.05) is 19.5 Å². The molecule has 2 aromatic carbocycles. The molecule has 2 heterocycles. The van der Waals surface area contributed by atoms with Crippen molar-refractivity contribution in [1.82, 2.24) is 9.88 Å². The predicted molar refractivity (Wildman–Crippen MR) is 106 cm³/mol. The van der Waals surface area contributed by atoms with Gasteiger partial charge in [-0.1, -0.05) is 18.2 Å². The Morgan fingerprint density at radius 2 is 1.79 bits per heavy atom. The van der Waals surface area contributed by atoms with E-state index in [-0.39, 0.29) is 12.1 Å². The van der Waals surface area contributed by atoms with Crippen LogP contribution >= 0.6 is 0 Å². The zero-order chi connectivity index (χ0) is 19.5. The number of aromatic nitrogens is 1. The van der Waals surface area contributed by atoms with E-state index in [2.05, 4.69) is 10.3 Å². The van der Waals surface area contributed by atoms with Gasteiger partial charge in [-0.3, -0.25) is 9.78 Å². The second kappa shape index (κ2) is 7.60. The van der Waals surface area contributed by atoms with Gasteiger partial charge in [-0.25, -0.2) is 0 Å². The average Bonchev–Trinajstić information content (AvgIpc) is 3.00. The summed E-state index contributed by atoms with van der Waals surface area (Å²) in [6, 6.07) is 19.0.